The number of rotatable bonds is 5. The van der Waals surface area contributed by atoms with Gasteiger partial charge < -0.3 is 16.4 Å². The van der Waals surface area contributed by atoms with E-state index in [0.29, 0.717) is 18.1 Å². The second-order valence-corrected chi connectivity index (χ2v) is 3.71. The Kier molecular flexibility index (Phi) is 3.76. The summed E-state index contributed by atoms with van der Waals surface area (Å²) in [5, 5.41) is 6.26. The Morgan fingerprint density at radius 2 is 2.06 bits per heavy atom. The van der Waals surface area contributed by atoms with Crippen LogP contribution in [0.4, 0.5) is 23.0 Å². The van der Waals surface area contributed by atoms with Gasteiger partial charge in [-0.1, -0.05) is 12.1 Å². The number of nitrogens with one attached hydrogen (secondary N) is 2. The molecule has 2 aromatic rings. The molecule has 0 aliphatic heterocycles. The van der Waals surface area contributed by atoms with Gasteiger partial charge in [-0.05, 0) is 18.2 Å². The first kappa shape index (κ1) is 11.9. The van der Waals surface area contributed by atoms with E-state index in [1.807, 2.05) is 30.3 Å². The molecular weight excluding hydrogens is 226 g/mol. The molecule has 0 fully saturated rings. The maximum Gasteiger partial charge on any atom is 0.135 e. The number of aromatic nitrogens is 2. The van der Waals surface area contributed by atoms with Crippen LogP contribution in [-0.2, 0) is 0 Å². The zero-order chi connectivity index (χ0) is 12.8. The third-order valence-corrected chi connectivity index (χ3v) is 2.25. The molecule has 0 saturated heterocycles. The van der Waals surface area contributed by atoms with Gasteiger partial charge in [-0.25, -0.2) is 9.97 Å². The van der Waals surface area contributed by atoms with Crippen molar-refractivity contribution in [1.29, 1.82) is 0 Å². The van der Waals surface area contributed by atoms with Crippen molar-refractivity contribution in [2.75, 3.05) is 22.9 Å². The van der Waals surface area contributed by atoms with Gasteiger partial charge in [0, 0.05) is 24.0 Å². The van der Waals surface area contributed by atoms with E-state index in [1.165, 1.54) is 6.33 Å². The van der Waals surface area contributed by atoms with Crippen molar-refractivity contribution in [3.63, 3.8) is 0 Å². The van der Waals surface area contributed by atoms with E-state index in [2.05, 4.69) is 27.2 Å². The summed E-state index contributed by atoms with van der Waals surface area (Å²) in [5.74, 6) is 1.46. The Bertz CT molecular complexity index is 538. The molecule has 18 heavy (non-hydrogen) atoms. The fourth-order valence-corrected chi connectivity index (χ4v) is 1.46. The van der Waals surface area contributed by atoms with Gasteiger partial charge in [0.15, 0.2) is 0 Å². The summed E-state index contributed by atoms with van der Waals surface area (Å²) in [6, 6.07) is 9.32. The van der Waals surface area contributed by atoms with E-state index in [-0.39, 0.29) is 0 Å². The van der Waals surface area contributed by atoms with Crippen LogP contribution >= 0.6 is 0 Å². The van der Waals surface area contributed by atoms with Gasteiger partial charge in [0.1, 0.15) is 18.0 Å². The molecule has 0 saturated carbocycles. The SMILES string of the molecule is C=CCNc1cc(Nc2cccc(N)c2)ncn1. The number of nitrogens with two attached hydrogens (primary N) is 1. The molecule has 1 aromatic heterocycles. The molecule has 0 radical (unpaired) electrons. The molecule has 92 valence electrons. The summed E-state index contributed by atoms with van der Waals surface area (Å²) in [6.07, 6.45) is 3.27. The first-order valence-electron chi connectivity index (χ1n) is 5.57. The largest absolute Gasteiger partial charge is 0.399 e. The summed E-state index contributed by atoms with van der Waals surface area (Å²) in [5.41, 5.74) is 7.31. The van der Waals surface area contributed by atoms with Crippen LogP contribution in [0.1, 0.15) is 0 Å². The number of hydrogen-bond acceptors (Lipinski definition) is 5. The zero-order valence-electron chi connectivity index (χ0n) is 9.93. The number of nitrogens with zero attached hydrogens (tertiary/aromatic N) is 2. The van der Waals surface area contributed by atoms with E-state index < -0.39 is 0 Å². The molecule has 4 N–H and O–H groups in total. The van der Waals surface area contributed by atoms with E-state index in [1.54, 1.807) is 6.08 Å². The second kappa shape index (κ2) is 5.67. The minimum absolute atomic E-state index is 0.661. The average Bonchev–Trinajstić information content (AvgIpc) is 2.37. The van der Waals surface area contributed by atoms with Gasteiger partial charge in [-0.15, -0.1) is 6.58 Å². The summed E-state index contributed by atoms with van der Waals surface area (Å²) >= 11 is 0. The van der Waals surface area contributed by atoms with Gasteiger partial charge in [-0.3, -0.25) is 0 Å². The Morgan fingerprint density at radius 1 is 1.22 bits per heavy atom. The van der Waals surface area contributed by atoms with Crippen LogP contribution in [0.3, 0.4) is 0 Å². The van der Waals surface area contributed by atoms with Crippen molar-refractivity contribution in [3.8, 4) is 0 Å². The lowest BCUT2D eigenvalue weighted by atomic mass is 10.3. The maximum absolute atomic E-state index is 5.71. The first-order chi connectivity index (χ1) is 8.78. The highest BCUT2D eigenvalue weighted by Crippen LogP contribution is 2.18. The molecular formula is C13H15N5. The van der Waals surface area contributed by atoms with Crippen LogP contribution in [0.15, 0.2) is 49.3 Å². The van der Waals surface area contributed by atoms with Crippen LogP contribution in [0.2, 0.25) is 0 Å². The molecule has 0 amide bonds. The van der Waals surface area contributed by atoms with Gasteiger partial charge in [0.05, 0.1) is 0 Å². The molecule has 0 bridgehead atoms. The lowest BCUT2D eigenvalue weighted by Crippen LogP contribution is -2.02. The Morgan fingerprint density at radius 3 is 2.83 bits per heavy atom. The van der Waals surface area contributed by atoms with Gasteiger partial charge in [0.25, 0.3) is 0 Å². The Balaban J connectivity index is 2.11. The smallest absolute Gasteiger partial charge is 0.135 e. The minimum Gasteiger partial charge on any atom is -0.399 e. The van der Waals surface area contributed by atoms with Crippen molar-refractivity contribution in [2.45, 2.75) is 0 Å². The molecule has 0 aliphatic rings. The van der Waals surface area contributed by atoms with E-state index in [0.717, 1.165) is 11.5 Å². The van der Waals surface area contributed by atoms with Crippen LogP contribution in [0, 0.1) is 0 Å². The predicted octanol–water partition coefficient (Wildman–Crippen LogP) is 2.40. The lowest BCUT2D eigenvalue weighted by molar-refractivity contribution is 1.14. The Labute approximate surface area is 106 Å². The average molecular weight is 241 g/mol. The quantitative estimate of drug-likeness (QED) is 0.553. The number of hydrogen-bond donors (Lipinski definition) is 3. The van der Waals surface area contributed by atoms with Crippen LogP contribution in [-0.4, -0.2) is 16.5 Å². The first-order valence-corrected chi connectivity index (χ1v) is 5.57. The van der Waals surface area contributed by atoms with Gasteiger partial charge in [-0.2, -0.15) is 0 Å². The number of anilines is 4. The molecule has 5 nitrogen and oxygen atoms in total. The van der Waals surface area contributed by atoms with Crippen LogP contribution in [0.5, 0.6) is 0 Å². The third-order valence-electron chi connectivity index (χ3n) is 2.25. The molecule has 1 heterocycles. The third kappa shape index (κ3) is 3.21. The molecule has 0 aliphatic carbocycles. The van der Waals surface area contributed by atoms with E-state index >= 15 is 0 Å². The summed E-state index contributed by atoms with van der Waals surface area (Å²) in [4.78, 5) is 8.24. The normalized spacial score (nSPS) is 9.78. The molecule has 0 atom stereocenters. The number of nitrogen functional groups attached to an aromatic ring is 1. The molecule has 2 rings (SSSR count). The number of benzene rings is 1. The fourth-order valence-electron chi connectivity index (χ4n) is 1.46. The van der Waals surface area contributed by atoms with Crippen molar-refractivity contribution >= 4 is 23.0 Å². The van der Waals surface area contributed by atoms with Crippen molar-refractivity contribution < 1.29 is 0 Å². The lowest BCUT2D eigenvalue weighted by Gasteiger charge is -2.08. The Hall–Kier alpha value is -2.56. The van der Waals surface area contributed by atoms with Crippen LogP contribution < -0.4 is 16.4 Å². The highest BCUT2D eigenvalue weighted by molar-refractivity contribution is 5.62. The van der Waals surface area contributed by atoms with Gasteiger partial charge >= 0.3 is 0 Å². The van der Waals surface area contributed by atoms with Gasteiger partial charge in [0.2, 0.25) is 0 Å². The summed E-state index contributed by atoms with van der Waals surface area (Å²) in [6.45, 7) is 4.30. The molecule has 0 spiro atoms. The highest BCUT2D eigenvalue weighted by atomic mass is 15.1. The maximum atomic E-state index is 5.71. The summed E-state index contributed by atoms with van der Waals surface area (Å²) < 4.78 is 0. The monoisotopic (exact) mass is 241 g/mol. The van der Waals surface area contributed by atoms with Crippen molar-refractivity contribution in [1.82, 2.24) is 9.97 Å². The minimum atomic E-state index is 0.661. The van der Waals surface area contributed by atoms with Crippen LogP contribution in [0.25, 0.3) is 0 Å². The molecule has 0 unspecified atom stereocenters. The summed E-state index contributed by atoms with van der Waals surface area (Å²) in [7, 11) is 0. The molecule has 1 aromatic carbocycles. The van der Waals surface area contributed by atoms with Crippen molar-refractivity contribution in [2.24, 2.45) is 0 Å². The second-order valence-electron chi connectivity index (χ2n) is 3.71. The topological polar surface area (TPSA) is 75.9 Å². The zero-order valence-corrected chi connectivity index (χ0v) is 9.93. The van der Waals surface area contributed by atoms with E-state index in [9.17, 15) is 0 Å². The fraction of sp³-hybridized carbons (Fsp3) is 0.0769. The standard InChI is InChI=1S/C13H15N5/c1-2-6-15-12-8-13(17-9-16-12)18-11-5-3-4-10(14)7-11/h2-5,7-9H,1,6,14H2,(H2,15,16,17,18). The highest BCUT2D eigenvalue weighted by Gasteiger charge is 1.99. The predicted molar refractivity (Wildman–Crippen MR) is 74.9 cm³/mol. The van der Waals surface area contributed by atoms with Crippen molar-refractivity contribution in [3.05, 3.63) is 49.3 Å². The van der Waals surface area contributed by atoms with E-state index in [4.69, 9.17) is 5.73 Å². The molecule has 5 heteroatoms.